The molecule has 0 aliphatic carbocycles. The van der Waals surface area contributed by atoms with E-state index in [-0.39, 0.29) is 10.7 Å². The van der Waals surface area contributed by atoms with Gasteiger partial charge in [-0.05, 0) is 6.92 Å². The molecule has 0 aliphatic heterocycles. The maximum absolute atomic E-state index is 10.7. The number of rotatable bonds is 3. The molecule has 0 unspecified atom stereocenters. The van der Waals surface area contributed by atoms with Crippen LogP contribution in [0.2, 0.25) is 5.02 Å². The van der Waals surface area contributed by atoms with Crippen LogP contribution < -0.4 is 4.90 Å². The van der Waals surface area contributed by atoms with E-state index in [1.165, 1.54) is 6.20 Å². The number of aromatic carboxylic acids is 1. The van der Waals surface area contributed by atoms with Crippen LogP contribution in [0.5, 0.6) is 0 Å². The monoisotopic (exact) mass is 215 g/mol. The van der Waals surface area contributed by atoms with E-state index in [9.17, 15) is 4.79 Å². The molecule has 0 fully saturated rings. The fourth-order valence-corrected chi connectivity index (χ4v) is 1.01. The van der Waals surface area contributed by atoms with Gasteiger partial charge in [0.25, 0.3) is 0 Å². The summed E-state index contributed by atoms with van der Waals surface area (Å²) in [6, 6.07) is 0. The quantitative estimate of drug-likeness (QED) is 0.823. The molecular weight excluding hydrogens is 206 g/mol. The van der Waals surface area contributed by atoms with Gasteiger partial charge >= 0.3 is 5.97 Å². The highest BCUT2D eigenvalue weighted by atomic mass is 35.5. The molecular formula is C8H10ClN3O2. The van der Waals surface area contributed by atoms with E-state index >= 15 is 0 Å². The van der Waals surface area contributed by atoms with Crippen molar-refractivity contribution >= 4 is 23.5 Å². The van der Waals surface area contributed by atoms with Crippen molar-refractivity contribution in [3.05, 3.63) is 16.9 Å². The molecule has 5 nitrogen and oxygen atoms in total. The van der Waals surface area contributed by atoms with Crippen molar-refractivity contribution in [2.75, 3.05) is 18.5 Å². The Morgan fingerprint density at radius 2 is 2.36 bits per heavy atom. The van der Waals surface area contributed by atoms with Crippen LogP contribution >= 0.6 is 11.6 Å². The van der Waals surface area contributed by atoms with Gasteiger partial charge in [-0.1, -0.05) is 11.6 Å². The van der Waals surface area contributed by atoms with Gasteiger partial charge in [-0.15, -0.1) is 0 Å². The lowest BCUT2D eigenvalue weighted by molar-refractivity contribution is 0.0690. The van der Waals surface area contributed by atoms with Crippen LogP contribution in [-0.4, -0.2) is 34.6 Å². The van der Waals surface area contributed by atoms with E-state index in [4.69, 9.17) is 16.7 Å². The van der Waals surface area contributed by atoms with E-state index in [0.29, 0.717) is 12.5 Å². The molecule has 14 heavy (non-hydrogen) atoms. The highest BCUT2D eigenvalue weighted by molar-refractivity contribution is 6.33. The lowest BCUT2D eigenvalue weighted by Gasteiger charge is -2.14. The zero-order chi connectivity index (χ0) is 10.7. The fourth-order valence-electron chi connectivity index (χ4n) is 0.833. The second-order valence-electron chi connectivity index (χ2n) is 2.69. The summed E-state index contributed by atoms with van der Waals surface area (Å²) in [5.41, 5.74) is -0.169. The van der Waals surface area contributed by atoms with Crippen molar-refractivity contribution in [3.63, 3.8) is 0 Å². The minimum atomic E-state index is -1.15. The first-order valence-corrected chi connectivity index (χ1v) is 4.41. The van der Waals surface area contributed by atoms with Gasteiger partial charge in [-0.25, -0.2) is 14.8 Å². The van der Waals surface area contributed by atoms with Crippen molar-refractivity contribution in [2.24, 2.45) is 0 Å². The molecule has 0 saturated heterocycles. The first-order chi connectivity index (χ1) is 6.56. The Bertz CT molecular complexity index is 356. The van der Waals surface area contributed by atoms with Gasteiger partial charge in [0, 0.05) is 13.6 Å². The number of halogens is 1. The largest absolute Gasteiger partial charge is 0.476 e. The van der Waals surface area contributed by atoms with Crippen molar-refractivity contribution in [1.82, 2.24) is 9.97 Å². The maximum atomic E-state index is 10.7. The third-order valence-electron chi connectivity index (χ3n) is 1.75. The predicted octanol–water partition coefficient (Wildman–Crippen LogP) is 1.28. The summed E-state index contributed by atoms with van der Waals surface area (Å²) in [5, 5.41) is 8.80. The summed E-state index contributed by atoms with van der Waals surface area (Å²) >= 11 is 5.61. The van der Waals surface area contributed by atoms with Crippen LogP contribution in [0, 0.1) is 0 Å². The van der Waals surface area contributed by atoms with Gasteiger partial charge in [0.15, 0.2) is 5.69 Å². The number of carboxylic acid groups (broad SMARTS) is 1. The van der Waals surface area contributed by atoms with Crippen molar-refractivity contribution in [1.29, 1.82) is 0 Å². The topological polar surface area (TPSA) is 66.3 Å². The average molecular weight is 216 g/mol. The molecule has 1 aromatic rings. The number of anilines is 1. The Morgan fingerprint density at radius 3 is 2.86 bits per heavy atom. The zero-order valence-corrected chi connectivity index (χ0v) is 8.62. The Balaban J connectivity index is 3.12. The standard InChI is InChI=1S/C8H10ClN3O2/c1-3-12(2)8-10-4-5(9)6(11-8)7(13)14/h4H,3H2,1-2H3,(H,13,14). The normalized spacial score (nSPS) is 9.93. The van der Waals surface area contributed by atoms with Gasteiger partial charge < -0.3 is 10.0 Å². The van der Waals surface area contributed by atoms with Crippen LogP contribution in [0.25, 0.3) is 0 Å². The van der Waals surface area contributed by atoms with Crippen LogP contribution in [0.4, 0.5) is 5.95 Å². The molecule has 76 valence electrons. The van der Waals surface area contributed by atoms with Crippen LogP contribution in [0.3, 0.4) is 0 Å². The molecule has 1 aromatic heterocycles. The highest BCUT2D eigenvalue weighted by Gasteiger charge is 2.13. The Morgan fingerprint density at radius 1 is 1.71 bits per heavy atom. The number of aromatic nitrogens is 2. The van der Waals surface area contributed by atoms with Gasteiger partial charge in [-0.2, -0.15) is 0 Å². The molecule has 0 saturated carbocycles. The Kier molecular flexibility index (Phi) is 3.24. The molecule has 6 heteroatoms. The van der Waals surface area contributed by atoms with E-state index < -0.39 is 5.97 Å². The zero-order valence-electron chi connectivity index (χ0n) is 7.86. The predicted molar refractivity (Wildman–Crippen MR) is 52.9 cm³/mol. The smallest absolute Gasteiger partial charge is 0.356 e. The molecule has 0 atom stereocenters. The summed E-state index contributed by atoms with van der Waals surface area (Å²) in [4.78, 5) is 20.2. The van der Waals surface area contributed by atoms with Crippen LogP contribution in [-0.2, 0) is 0 Å². The highest BCUT2D eigenvalue weighted by Crippen LogP contribution is 2.15. The average Bonchev–Trinajstić information content (AvgIpc) is 2.17. The second-order valence-corrected chi connectivity index (χ2v) is 3.09. The molecule has 1 rings (SSSR count). The van der Waals surface area contributed by atoms with Gasteiger partial charge in [0.2, 0.25) is 5.95 Å². The molecule has 0 radical (unpaired) electrons. The molecule has 0 aliphatic rings. The van der Waals surface area contributed by atoms with E-state index in [1.807, 2.05) is 6.92 Å². The van der Waals surface area contributed by atoms with Crippen LogP contribution in [0.1, 0.15) is 17.4 Å². The first-order valence-electron chi connectivity index (χ1n) is 4.03. The number of carboxylic acids is 1. The van der Waals surface area contributed by atoms with Gasteiger partial charge in [0.05, 0.1) is 11.2 Å². The number of carbonyl (C=O) groups is 1. The Labute approximate surface area is 86.3 Å². The maximum Gasteiger partial charge on any atom is 0.356 e. The molecule has 1 heterocycles. The third-order valence-corrected chi connectivity index (χ3v) is 2.03. The molecule has 0 amide bonds. The summed E-state index contributed by atoms with van der Waals surface area (Å²) in [7, 11) is 1.77. The van der Waals surface area contributed by atoms with E-state index in [0.717, 1.165) is 0 Å². The van der Waals surface area contributed by atoms with Crippen LogP contribution in [0.15, 0.2) is 6.20 Å². The molecule has 0 aromatic carbocycles. The number of hydrogen-bond donors (Lipinski definition) is 1. The lowest BCUT2D eigenvalue weighted by Crippen LogP contribution is -2.20. The second kappa shape index (κ2) is 4.23. The lowest BCUT2D eigenvalue weighted by atomic mass is 10.4. The molecule has 0 spiro atoms. The van der Waals surface area contributed by atoms with Gasteiger partial charge in [-0.3, -0.25) is 0 Å². The van der Waals surface area contributed by atoms with Gasteiger partial charge in [0.1, 0.15) is 0 Å². The summed E-state index contributed by atoms with van der Waals surface area (Å²) < 4.78 is 0. The van der Waals surface area contributed by atoms with Crippen molar-refractivity contribution < 1.29 is 9.90 Å². The van der Waals surface area contributed by atoms with Crippen molar-refractivity contribution in [3.8, 4) is 0 Å². The van der Waals surface area contributed by atoms with E-state index in [2.05, 4.69) is 9.97 Å². The fraction of sp³-hybridized carbons (Fsp3) is 0.375. The minimum Gasteiger partial charge on any atom is -0.476 e. The Hall–Kier alpha value is -1.36. The third kappa shape index (κ3) is 2.11. The first kappa shape index (κ1) is 10.7. The summed E-state index contributed by atoms with van der Waals surface area (Å²) in [5.74, 6) is -0.794. The summed E-state index contributed by atoms with van der Waals surface area (Å²) in [6.07, 6.45) is 1.29. The minimum absolute atomic E-state index is 0.0470. The molecule has 1 N–H and O–H groups in total. The number of hydrogen-bond acceptors (Lipinski definition) is 4. The molecule has 0 bridgehead atoms. The van der Waals surface area contributed by atoms with E-state index in [1.54, 1.807) is 11.9 Å². The van der Waals surface area contributed by atoms with Crippen molar-refractivity contribution in [2.45, 2.75) is 6.92 Å². The summed E-state index contributed by atoms with van der Waals surface area (Å²) in [6.45, 7) is 2.61. The number of nitrogens with zero attached hydrogens (tertiary/aromatic N) is 3. The SMILES string of the molecule is CCN(C)c1ncc(Cl)c(C(=O)O)n1.